The summed E-state index contributed by atoms with van der Waals surface area (Å²) >= 11 is 0. The van der Waals surface area contributed by atoms with E-state index in [4.69, 9.17) is 9.84 Å². The second-order valence-corrected chi connectivity index (χ2v) is 5.35. The standard InChI is InChI=1S/C14H20O3/c1-14(2,3)8-5-9-17-12-7-4-6-11(10-12)13(15)16/h4,6-7,10H,5,8-9H2,1-3H3,(H,15,16). The zero-order valence-electron chi connectivity index (χ0n) is 10.7. The molecule has 0 radical (unpaired) electrons. The lowest BCUT2D eigenvalue weighted by molar-refractivity contribution is 0.0696. The van der Waals surface area contributed by atoms with Crippen molar-refractivity contribution >= 4 is 5.97 Å². The first-order valence-electron chi connectivity index (χ1n) is 5.85. The smallest absolute Gasteiger partial charge is 0.335 e. The van der Waals surface area contributed by atoms with Gasteiger partial charge in [0.2, 0.25) is 0 Å². The highest BCUT2D eigenvalue weighted by Gasteiger charge is 2.09. The summed E-state index contributed by atoms with van der Waals surface area (Å²) in [6.07, 6.45) is 2.06. The van der Waals surface area contributed by atoms with E-state index in [1.807, 2.05) is 0 Å². The van der Waals surface area contributed by atoms with E-state index in [0.717, 1.165) is 12.8 Å². The SMILES string of the molecule is CC(C)(C)CCCOc1cccc(C(=O)O)c1. The van der Waals surface area contributed by atoms with Crippen LogP contribution in [0, 0.1) is 5.41 Å². The van der Waals surface area contributed by atoms with E-state index in [2.05, 4.69) is 20.8 Å². The zero-order valence-corrected chi connectivity index (χ0v) is 10.7. The molecule has 17 heavy (non-hydrogen) atoms. The number of benzene rings is 1. The van der Waals surface area contributed by atoms with Crippen LogP contribution in [0.1, 0.15) is 44.0 Å². The van der Waals surface area contributed by atoms with Gasteiger partial charge in [0, 0.05) is 0 Å². The summed E-state index contributed by atoms with van der Waals surface area (Å²) in [6, 6.07) is 6.59. The fraction of sp³-hybridized carbons (Fsp3) is 0.500. The van der Waals surface area contributed by atoms with Crippen LogP contribution >= 0.6 is 0 Å². The Morgan fingerprint density at radius 3 is 2.65 bits per heavy atom. The van der Waals surface area contributed by atoms with Crippen LogP contribution in [0.4, 0.5) is 0 Å². The predicted molar refractivity (Wildman–Crippen MR) is 67.6 cm³/mol. The van der Waals surface area contributed by atoms with Gasteiger partial charge in [-0.2, -0.15) is 0 Å². The highest BCUT2D eigenvalue weighted by molar-refractivity contribution is 5.87. The van der Waals surface area contributed by atoms with E-state index in [1.54, 1.807) is 24.3 Å². The maximum Gasteiger partial charge on any atom is 0.335 e. The molecule has 0 aliphatic rings. The highest BCUT2D eigenvalue weighted by atomic mass is 16.5. The van der Waals surface area contributed by atoms with Gasteiger partial charge in [-0.1, -0.05) is 26.8 Å². The summed E-state index contributed by atoms with van der Waals surface area (Å²) in [5.41, 5.74) is 0.574. The van der Waals surface area contributed by atoms with Crippen LogP contribution in [-0.4, -0.2) is 17.7 Å². The molecule has 0 spiro atoms. The molecule has 0 fully saturated rings. The summed E-state index contributed by atoms with van der Waals surface area (Å²) in [5, 5.41) is 8.83. The van der Waals surface area contributed by atoms with Crippen LogP contribution in [0.15, 0.2) is 24.3 Å². The maximum absolute atomic E-state index is 10.8. The summed E-state index contributed by atoms with van der Waals surface area (Å²) in [6.45, 7) is 7.20. The summed E-state index contributed by atoms with van der Waals surface area (Å²) < 4.78 is 5.53. The molecular weight excluding hydrogens is 216 g/mol. The Morgan fingerprint density at radius 2 is 2.06 bits per heavy atom. The van der Waals surface area contributed by atoms with Crippen molar-refractivity contribution in [3.05, 3.63) is 29.8 Å². The zero-order chi connectivity index (χ0) is 12.9. The molecule has 94 valence electrons. The van der Waals surface area contributed by atoms with Gasteiger partial charge in [0.1, 0.15) is 5.75 Å². The van der Waals surface area contributed by atoms with E-state index in [0.29, 0.717) is 17.8 Å². The average molecular weight is 236 g/mol. The largest absolute Gasteiger partial charge is 0.494 e. The molecule has 0 saturated carbocycles. The second-order valence-electron chi connectivity index (χ2n) is 5.35. The van der Waals surface area contributed by atoms with Crippen molar-refractivity contribution in [1.29, 1.82) is 0 Å². The van der Waals surface area contributed by atoms with E-state index in [-0.39, 0.29) is 5.56 Å². The van der Waals surface area contributed by atoms with E-state index < -0.39 is 5.97 Å². The number of rotatable bonds is 5. The van der Waals surface area contributed by atoms with Crippen LogP contribution in [0.2, 0.25) is 0 Å². The molecule has 1 N–H and O–H groups in total. The lowest BCUT2D eigenvalue weighted by Gasteiger charge is -2.17. The summed E-state index contributed by atoms with van der Waals surface area (Å²) in [7, 11) is 0. The highest BCUT2D eigenvalue weighted by Crippen LogP contribution is 2.21. The second kappa shape index (κ2) is 5.71. The number of ether oxygens (including phenoxy) is 1. The minimum Gasteiger partial charge on any atom is -0.494 e. The molecule has 3 nitrogen and oxygen atoms in total. The molecule has 0 amide bonds. The molecule has 0 aliphatic heterocycles. The Morgan fingerprint density at radius 1 is 1.35 bits per heavy atom. The fourth-order valence-electron chi connectivity index (χ4n) is 1.51. The average Bonchev–Trinajstić information content (AvgIpc) is 2.23. The Labute approximate surface area is 102 Å². The molecule has 0 heterocycles. The van der Waals surface area contributed by atoms with Crippen LogP contribution in [-0.2, 0) is 0 Å². The first-order valence-corrected chi connectivity index (χ1v) is 5.85. The normalized spacial score (nSPS) is 11.2. The third kappa shape index (κ3) is 5.38. The Bertz CT molecular complexity index is 377. The minimum absolute atomic E-state index is 0.262. The number of hydrogen-bond donors (Lipinski definition) is 1. The molecule has 1 rings (SSSR count). The number of carboxylic acids is 1. The predicted octanol–water partition coefficient (Wildman–Crippen LogP) is 3.59. The Balaban J connectivity index is 2.42. The molecular formula is C14H20O3. The lowest BCUT2D eigenvalue weighted by atomic mass is 9.91. The van der Waals surface area contributed by atoms with Crippen molar-refractivity contribution in [2.24, 2.45) is 5.41 Å². The molecule has 1 aromatic rings. The summed E-state index contributed by atoms with van der Waals surface area (Å²) in [4.78, 5) is 10.8. The van der Waals surface area contributed by atoms with Gasteiger partial charge in [0.15, 0.2) is 0 Å². The minimum atomic E-state index is -0.926. The van der Waals surface area contributed by atoms with Gasteiger partial charge in [-0.15, -0.1) is 0 Å². The van der Waals surface area contributed by atoms with Crippen LogP contribution < -0.4 is 4.74 Å². The molecule has 0 aromatic heterocycles. The van der Waals surface area contributed by atoms with Crippen molar-refractivity contribution in [3.8, 4) is 5.75 Å². The number of carboxylic acid groups (broad SMARTS) is 1. The fourth-order valence-corrected chi connectivity index (χ4v) is 1.51. The molecule has 0 saturated heterocycles. The maximum atomic E-state index is 10.8. The monoisotopic (exact) mass is 236 g/mol. The Kier molecular flexibility index (Phi) is 4.55. The van der Waals surface area contributed by atoms with E-state index >= 15 is 0 Å². The van der Waals surface area contributed by atoms with Crippen molar-refractivity contribution in [1.82, 2.24) is 0 Å². The van der Waals surface area contributed by atoms with Gasteiger partial charge in [0.25, 0.3) is 0 Å². The molecule has 3 heteroatoms. The van der Waals surface area contributed by atoms with E-state index in [9.17, 15) is 4.79 Å². The molecule has 0 atom stereocenters. The van der Waals surface area contributed by atoms with Gasteiger partial charge in [-0.3, -0.25) is 0 Å². The topological polar surface area (TPSA) is 46.5 Å². The number of carbonyl (C=O) groups is 1. The third-order valence-corrected chi connectivity index (χ3v) is 2.42. The van der Waals surface area contributed by atoms with Gasteiger partial charge in [-0.25, -0.2) is 4.79 Å². The van der Waals surface area contributed by atoms with Crippen LogP contribution in [0.3, 0.4) is 0 Å². The molecule has 0 bridgehead atoms. The van der Waals surface area contributed by atoms with Crippen molar-refractivity contribution in [2.45, 2.75) is 33.6 Å². The van der Waals surface area contributed by atoms with Gasteiger partial charge >= 0.3 is 5.97 Å². The quantitative estimate of drug-likeness (QED) is 0.795. The molecule has 0 aliphatic carbocycles. The number of aromatic carboxylic acids is 1. The van der Waals surface area contributed by atoms with E-state index in [1.165, 1.54) is 0 Å². The Hall–Kier alpha value is -1.51. The van der Waals surface area contributed by atoms with Crippen LogP contribution in [0.25, 0.3) is 0 Å². The van der Waals surface area contributed by atoms with Gasteiger partial charge in [0.05, 0.1) is 12.2 Å². The lowest BCUT2D eigenvalue weighted by Crippen LogP contribution is -2.08. The van der Waals surface area contributed by atoms with Crippen molar-refractivity contribution in [3.63, 3.8) is 0 Å². The first-order chi connectivity index (χ1) is 7.88. The first kappa shape index (κ1) is 13.6. The molecule has 1 aromatic carbocycles. The van der Waals surface area contributed by atoms with Crippen molar-refractivity contribution < 1.29 is 14.6 Å². The third-order valence-electron chi connectivity index (χ3n) is 2.42. The summed E-state index contributed by atoms with van der Waals surface area (Å²) in [5.74, 6) is -0.302. The van der Waals surface area contributed by atoms with Crippen LogP contribution in [0.5, 0.6) is 5.75 Å². The van der Waals surface area contributed by atoms with Gasteiger partial charge < -0.3 is 9.84 Å². The van der Waals surface area contributed by atoms with Gasteiger partial charge in [-0.05, 0) is 36.5 Å². The number of hydrogen-bond acceptors (Lipinski definition) is 2. The molecule has 0 unspecified atom stereocenters. The van der Waals surface area contributed by atoms with Crippen molar-refractivity contribution in [2.75, 3.05) is 6.61 Å².